The Morgan fingerprint density at radius 3 is 2.69 bits per heavy atom. The molecule has 2 heterocycles. The number of nitrogens with zero attached hydrogens (tertiary/aromatic N) is 1. The molecule has 1 aliphatic rings. The van der Waals surface area contributed by atoms with Gasteiger partial charge in [-0.3, -0.25) is 9.59 Å². The molecule has 0 spiro atoms. The summed E-state index contributed by atoms with van der Waals surface area (Å²) in [6, 6.07) is 10.7. The standard InChI is InChI=1S/C23H21NO8/c1-29-16-4-6-18(20(10-16)30-2)24-11-13(7-21(24)26)23(28)31-12-14-8-22(27)32-19-9-15(25)3-5-17(14)19/h3-6,8-10,13,25H,7,11-12H2,1-2H3. The Hall–Kier alpha value is -4.01. The van der Waals surface area contributed by atoms with Gasteiger partial charge in [-0.25, -0.2) is 4.79 Å². The van der Waals surface area contributed by atoms with Gasteiger partial charge in [0.2, 0.25) is 5.91 Å². The monoisotopic (exact) mass is 439 g/mol. The number of ether oxygens (including phenoxy) is 3. The number of anilines is 1. The smallest absolute Gasteiger partial charge is 0.336 e. The summed E-state index contributed by atoms with van der Waals surface area (Å²) in [5.74, 6) is -0.443. The first kappa shape index (κ1) is 21.2. The highest BCUT2D eigenvalue weighted by Crippen LogP contribution is 2.36. The zero-order valence-corrected chi connectivity index (χ0v) is 17.5. The number of carbonyl (C=O) groups is 2. The van der Waals surface area contributed by atoms with Crippen LogP contribution in [-0.4, -0.2) is 37.7 Å². The Morgan fingerprint density at radius 1 is 1.12 bits per heavy atom. The number of phenols is 1. The summed E-state index contributed by atoms with van der Waals surface area (Å²) in [5, 5.41) is 10.1. The summed E-state index contributed by atoms with van der Waals surface area (Å²) >= 11 is 0. The molecule has 3 aromatic rings. The van der Waals surface area contributed by atoms with Gasteiger partial charge in [0.25, 0.3) is 0 Å². The number of rotatable bonds is 6. The first-order valence-electron chi connectivity index (χ1n) is 9.84. The van der Waals surface area contributed by atoms with Crippen LogP contribution in [-0.2, 0) is 20.9 Å². The third kappa shape index (κ3) is 4.09. The molecule has 1 amide bonds. The number of phenolic OH excluding ortho intramolecular Hbond substituents is 1. The first-order valence-corrected chi connectivity index (χ1v) is 9.84. The van der Waals surface area contributed by atoms with Crippen molar-refractivity contribution in [3.05, 3.63) is 58.4 Å². The molecule has 166 valence electrons. The quantitative estimate of drug-likeness (QED) is 0.460. The largest absolute Gasteiger partial charge is 0.508 e. The predicted molar refractivity (Wildman–Crippen MR) is 114 cm³/mol. The molecule has 1 atom stereocenters. The van der Waals surface area contributed by atoms with E-state index in [1.807, 2.05) is 0 Å². The number of esters is 1. The van der Waals surface area contributed by atoms with Crippen molar-refractivity contribution in [3.63, 3.8) is 0 Å². The van der Waals surface area contributed by atoms with E-state index in [-0.39, 0.29) is 36.8 Å². The number of fused-ring (bicyclic) bond motifs is 1. The van der Waals surface area contributed by atoms with Gasteiger partial charge in [-0.05, 0) is 24.3 Å². The summed E-state index contributed by atoms with van der Waals surface area (Å²) in [5.41, 5.74) is 0.558. The van der Waals surface area contributed by atoms with Crippen molar-refractivity contribution in [1.82, 2.24) is 0 Å². The van der Waals surface area contributed by atoms with Gasteiger partial charge in [0, 0.05) is 42.1 Å². The number of amides is 1. The molecule has 0 radical (unpaired) electrons. The van der Waals surface area contributed by atoms with Crippen LogP contribution in [0.2, 0.25) is 0 Å². The lowest BCUT2D eigenvalue weighted by Gasteiger charge is -2.20. The second kappa shape index (κ2) is 8.62. The number of methoxy groups -OCH3 is 2. The molecule has 1 fully saturated rings. The van der Waals surface area contributed by atoms with Crippen molar-refractivity contribution in [2.45, 2.75) is 13.0 Å². The van der Waals surface area contributed by atoms with Crippen molar-refractivity contribution < 1.29 is 33.3 Å². The molecule has 32 heavy (non-hydrogen) atoms. The molecule has 1 aromatic heterocycles. The molecule has 0 aliphatic carbocycles. The topological polar surface area (TPSA) is 116 Å². The zero-order valence-electron chi connectivity index (χ0n) is 17.5. The Kier molecular flexibility index (Phi) is 5.72. The van der Waals surface area contributed by atoms with E-state index < -0.39 is 17.5 Å². The highest BCUT2D eigenvalue weighted by Gasteiger charge is 2.37. The minimum atomic E-state index is -0.662. The maximum atomic E-state index is 12.7. The van der Waals surface area contributed by atoms with Crippen molar-refractivity contribution in [1.29, 1.82) is 0 Å². The highest BCUT2D eigenvalue weighted by molar-refractivity contribution is 6.00. The number of aromatic hydroxyl groups is 1. The van der Waals surface area contributed by atoms with Crippen LogP contribution in [0.5, 0.6) is 17.2 Å². The van der Waals surface area contributed by atoms with Crippen LogP contribution < -0.4 is 20.0 Å². The molecule has 9 nitrogen and oxygen atoms in total. The van der Waals surface area contributed by atoms with Gasteiger partial charge in [0.1, 0.15) is 29.4 Å². The summed E-state index contributed by atoms with van der Waals surface area (Å²) in [4.78, 5) is 38.6. The van der Waals surface area contributed by atoms with Crippen LogP contribution in [0, 0.1) is 5.92 Å². The maximum absolute atomic E-state index is 12.7. The van der Waals surface area contributed by atoms with Gasteiger partial charge in [-0.1, -0.05) is 0 Å². The minimum Gasteiger partial charge on any atom is -0.508 e. The van der Waals surface area contributed by atoms with Crippen molar-refractivity contribution in [2.75, 3.05) is 25.7 Å². The number of carbonyl (C=O) groups excluding carboxylic acids is 2. The van der Waals surface area contributed by atoms with E-state index in [1.165, 1.54) is 37.3 Å². The normalized spacial score (nSPS) is 15.8. The molecule has 1 aliphatic heterocycles. The average Bonchev–Trinajstić information content (AvgIpc) is 3.17. The molecule has 1 saturated heterocycles. The van der Waals surface area contributed by atoms with Gasteiger partial charge in [-0.15, -0.1) is 0 Å². The fraction of sp³-hybridized carbons (Fsp3) is 0.261. The first-order chi connectivity index (χ1) is 15.4. The van der Waals surface area contributed by atoms with Crippen molar-refractivity contribution >= 4 is 28.5 Å². The Labute approximate surface area is 182 Å². The van der Waals surface area contributed by atoms with E-state index in [0.717, 1.165) is 0 Å². The van der Waals surface area contributed by atoms with E-state index in [2.05, 4.69) is 0 Å². The van der Waals surface area contributed by atoms with Gasteiger partial charge in [0.05, 0.1) is 25.8 Å². The molecule has 0 bridgehead atoms. The van der Waals surface area contributed by atoms with Crippen LogP contribution in [0.25, 0.3) is 11.0 Å². The minimum absolute atomic E-state index is 0.000431. The van der Waals surface area contributed by atoms with Crippen LogP contribution >= 0.6 is 0 Å². The molecular formula is C23H21NO8. The molecular weight excluding hydrogens is 418 g/mol. The van der Waals surface area contributed by atoms with Gasteiger partial charge in [-0.2, -0.15) is 0 Å². The lowest BCUT2D eigenvalue weighted by atomic mass is 10.1. The van der Waals surface area contributed by atoms with Crippen LogP contribution in [0.3, 0.4) is 0 Å². The second-order valence-corrected chi connectivity index (χ2v) is 7.32. The molecule has 1 N–H and O–H groups in total. The number of benzene rings is 2. The Balaban J connectivity index is 1.48. The fourth-order valence-electron chi connectivity index (χ4n) is 3.71. The second-order valence-electron chi connectivity index (χ2n) is 7.32. The van der Waals surface area contributed by atoms with Gasteiger partial charge in [0.15, 0.2) is 0 Å². The van der Waals surface area contributed by atoms with Crippen LogP contribution in [0.15, 0.2) is 51.7 Å². The van der Waals surface area contributed by atoms with Crippen LogP contribution in [0.1, 0.15) is 12.0 Å². The lowest BCUT2D eigenvalue weighted by Crippen LogP contribution is -2.26. The van der Waals surface area contributed by atoms with Gasteiger partial charge >= 0.3 is 11.6 Å². The molecule has 9 heteroatoms. The van der Waals surface area contributed by atoms with E-state index >= 15 is 0 Å². The lowest BCUT2D eigenvalue weighted by molar-refractivity contribution is -0.149. The maximum Gasteiger partial charge on any atom is 0.336 e. The van der Waals surface area contributed by atoms with Crippen molar-refractivity contribution in [2.24, 2.45) is 5.92 Å². The van der Waals surface area contributed by atoms with E-state index in [9.17, 15) is 19.5 Å². The average molecular weight is 439 g/mol. The number of hydrogen-bond acceptors (Lipinski definition) is 8. The van der Waals surface area contributed by atoms with Crippen LogP contribution in [0.4, 0.5) is 5.69 Å². The van der Waals surface area contributed by atoms with E-state index in [0.29, 0.717) is 28.1 Å². The van der Waals surface area contributed by atoms with E-state index in [4.69, 9.17) is 18.6 Å². The third-order valence-electron chi connectivity index (χ3n) is 5.32. The van der Waals surface area contributed by atoms with E-state index in [1.54, 1.807) is 24.3 Å². The third-order valence-corrected chi connectivity index (χ3v) is 5.32. The summed E-state index contributed by atoms with van der Waals surface area (Å²) in [6.07, 6.45) is -0.000431. The number of hydrogen-bond donors (Lipinski definition) is 1. The van der Waals surface area contributed by atoms with Gasteiger partial charge < -0.3 is 28.6 Å². The predicted octanol–water partition coefficient (Wildman–Crippen LogP) is 2.61. The molecule has 0 saturated carbocycles. The molecule has 1 unspecified atom stereocenters. The Morgan fingerprint density at radius 2 is 1.94 bits per heavy atom. The van der Waals surface area contributed by atoms with Crippen molar-refractivity contribution in [3.8, 4) is 17.2 Å². The zero-order chi connectivity index (χ0) is 22.8. The fourth-order valence-corrected chi connectivity index (χ4v) is 3.71. The summed E-state index contributed by atoms with van der Waals surface area (Å²) in [7, 11) is 3.02. The molecule has 4 rings (SSSR count). The highest BCUT2D eigenvalue weighted by atomic mass is 16.5. The molecule has 2 aromatic carbocycles. The summed E-state index contributed by atoms with van der Waals surface area (Å²) in [6.45, 7) is -0.0197. The summed E-state index contributed by atoms with van der Waals surface area (Å²) < 4.78 is 21.0. The SMILES string of the molecule is COc1ccc(N2CC(C(=O)OCc3cc(=O)oc4cc(O)ccc34)CC2=O)c(OC)c1. The Bertz CT molecular complexity index is 1250.